The Bertz CT molecular complexity index is 3030. The van der Waals surface area contributed by atoms with Gasteiger partial charge in [0, 0.05) is 28.2 Å². The van der Waals surface area contributed by atoms with Crippen LogP contribution in [0.15, 0.2) is 212 Å². The lowest BCUT2D eigenvalue weighted by atomic mass is 9.66. The Morgan fingerprint density at radius 1 is 0.344 bits per heavy atom. The van der Waals surface area contributed by atoms with E-state index in [0.717, 1.165) is 52.5 Å². The zero-order valence-corrected chi connectivity index (χ0v) is 34.5. The van der Waals surface area contributed by atoms with Crippen molar-refractivity contribution in [2.45, 2.75) is 32.1 Å². The second-order valence-corrected chi connectivity index (χ2v) is 16.2. The molecule has 61 heavy (non-hydrogen) atoms. The van der Waals surface area contributed by atoms with Gasteiger partial charge in [-0.15, -0.1) is 0 Å². The van der Waals surface area contributed by atoms with E-state index >= 15 is 0 Å². The van der Waals surface area contributed by atoms with Gasteiger partial charge in [0.1, 0.15) is 11.5 Å². The average Bonchev–Trinajstić information content (AvgIpc) is 3.63. The van der Waals surface area contributed by atoms with Gasteiger partial charge in [-0.05, 0) is 134 Å². The van der Waals surface area contributed by atoms with E-state index in [-0.39, 0.29) is 0 Å². The highest BCUT2D eigenvalue weighted by molar-refractivity contribution is 5.89. The number of aryl methyl sites for hydroxylation is 2. The topological polar surface area (TPSA) is 12.5 Å². The lowest BCUT2D eigenvalue weighted by Gasteiger charge is -2.39. The number of hydrogen-bond acceptors (Lipinski definition) is 2. The van der Waals surface area contributed by atoms with Crippen LogP contribution in [0.1, 0.15) is 47.2 Å². The fraction of sp³-hybridized carbons (Fsp3) is 0.0847. The predicted molar refractivity (Wildman–Crippen MR) is 254 cm³/mol. The van der Waals surface area contributed by atoms with Crippen LogP contribution < -0.4 is 9.64 Å². The largest absolute Gasteiger partial charge is 0.457 e. The maximum atomic E-state index is 6.73. The molecule has 0 saturated heterocycles. The highest BCUT2D eigenvalue weighted by Gasteiger charge is 2.51. The molecule has 0 saturated carbocycles. The van der Waals surface area contributed by atoms with Crippen LogP contribution in [0.5, 0.6) is 11.5 Å². The molecular weight excluding hydrogens is 739 g/mol. The van der Waals surface area contributed by atoms with E-state index in [1.54, 1.807) is 0 Å². The predicted octanol–water partition coefficient (Wildman–Crippen LogP) is 15.8. The zero-order chi connectivity index (χ0) is 40.9. The fourth-order valence-electron chi connectivity index (χ4n) is 10.1. The van der Waals surface area contributed by atoms with Crippen molar-refractivity contribution in [1.29, 1.82) is 0 Å². The van der Waals surface area contributed by atoms with Crippen LogP contribution in [-0.2, 0) is 18.3 Å². The second kappa shape index (κ2) is 15.0. The Labute approximate surface area is 359 Å². The van der Waals surface area contributed by atoms with Crippen LogP contribution in [0.25, 0.3) is 44.5 Å². The van der Waals surface area contributed by atoms with Gasteiger partial charge in [0.05, 0.1) is 5.41 Å². The van der Waals surface area contributed by atoms with Gasteiger partial charge >= 0.3 is 0 Å². The van der Waals surface area contributed by atoms with E-state index in [4.69, 9.17) is 4.74 Å². The van der Waals surface area contributed by atoms with E-state index < -0.39 is 5.41 Å². The van der Waals surface area contributed by atoms with Crippen molar-refractivity contribution >= 4 is 17.1 Å². The van der Waals surface area contributed by atoms with Crippen molar-refractivity contribution in [1.82, 2.24) is 0 Å². The minimum absolute atomic E-state index is 0.503. The van der Waals surface area contributed by atoms with Gasteiger partial charge < -0.3 is 9.64 Å². The normalized spacial score (nSPS) is 12.8. The molecule has 2 nitrogen and oxygen atoms in total. The SMILES string of the molecule is CCc1ccccc1-c1ccc(N(c2ccc(-c3ccccc3)cc2)c2ccc(-c3ccc4c(c3)C3(c5ccccc5O4)c4ccccc4-c4ccccc43)cc2)cc1CC. The smallest absolute Gasteiger partial charge is 0.132 e. The summed E-state index contributed by atoms with van der Waals surface area (Å²) in [6.07, 6.45) is 1.93. The summed E-state index contributed by atoms with van der Waals surface area (Å²) in [7, 11) is 0. The number of anilines is 3. The Balaban J connectivity index is 1.03. The Morgan fingerprint density at radius 3 is 1.48 bits per heavy atom. The van der Waals surface area contributed by atoms with E-state index in [2.05, 4.69) is 231 Å². The fourth-order valence-corrected chi connectivity index (χ4v) is 10.1. The van der Waals surface area contributed by atoms with Gasteiger partial charge in [-0.1, -0.05) is 172 Å². The first-order valence-electron chi connectivity index (χ1n) is 21.5. The summed E-state index contributed by atoms with van der Waals surface area (Å²) >= 11 is 0. The zero-order valence-electron chi connectivity index (χ0n) is 34.5. The van der Waals surface area contributed by atoms with Crippen molar-refractivity contribution in [3.63, 3.8) is 0 Å². The maximum Gasteiger partial charge on any atom is 0.132 e. The van der Waals surface area contributed by atoms with Gasteiger partial charge in [0.15, 0.2) is 0 Å². The van der Waals surface area contributed by atoms with Crippen LogP contribution in [-0.4, -0.2) is 0 Å². The van der Waals surface area contributed by atoms with E-state index in [0.29, 0.717) is 0 Å². The van der Waals surface area contributed by atoms with Gasteiger partial charge in [0.25, 0.3) is 0 Å². The third kappa shape index (κ3) is 5.93. The van der Waals surface area contributed by atoms with Crippen LogP contribution in [0.2, 0.25) is 0 Å². The number of nitrogens with zero attached hydrogens (tertiary/aromatic N) is 1. The van der Waals surface area contributed by atoms with Crippen LogP contribution in [0.3, 0.4) is 0 Å². The number of ether oxygens (including phenoxy) is 1. The van der Waals surface area contributed by atoms with Gasteiger partial charge in [-0.3, -0.25) is 0 Å². The number of para-hydroxylation sites is 1. The van der Waals surface area contributed by atoms with Crippen molar-refractivity contribution in [3.05, 3.63) is 246 Å². The molecule has 1 spiro atoms. The Morgan fingerprint density at radius 2 is 0.820 bits per heavy atom. The molecule has 292 valence electrons. The summed E-state index contributed by atoms with van der Waals surface area (Å²) in [4.78, 5) is 2.40. The quantitative estimate of drug-likeness (QED) is 0.152. The number of fused-ring (bicyclic) bond motifs is 9. The number of hydrogen-bond donors (Lipinski definition) is 0. The summed E-state index contributed by atoms with van der Waals surface area (Å²) in [5.74, 6) is 1.80. The van der Waals surface area contributed by atoms with E-state index in [1.807, 2.05) is 0 Å². The molecule has 9 aromatic carbocycles. The minimum Gasteiger partial charge on any atom is -0.457 e. The summed E-state index contributed by atoms with van der Waals surface area (Å²) in [5, 5.41) is 0. The van der Waals surface area contributed by atoms with E-state index in [9.17, 15) is 0 Å². The third-order valence-electron chi connectivity index (χ3n) is 13.0. The van der Waals surface area contributed by atoms with Gasteiger partial charge in [-0.25, -0.2) is 0 Å². The molecule has 0 atom stereocenters. The van der Waals surface area contributed by atoms with Crippen LogP contribution >= 0.6 is 0 Å². The minimum atomic E-state index is -0.503. The molecule has 0 radical (unpaired) electrons. The highest BCUT2D eigenvalue weighted by atomic mass is 16.5. The highest BCUT2D eigenvalue weighted by Crippen LogP contribution is 2.62. The average molecular weight is 784 g/mol. The molecule has 2 aliphatic rings. The molecule has 0 N–H and O–H groups in total. The molecule has 0 aromatic heterocycles. The molecule has 2 heteroatoms. The van der Waals surface area contributed by atoms with Crippen LogP contribution in [0, 0.1) is 0 Å². The monoisotopic (exact) mass is 783 g/mol. The molecule has 0 bridgehead atoms. The number of benzene rings is 9. The molecule has 1 aliphatic heterocycles. The second-order valence-electron chi connectivity index (χ2n) is 16.2. The lowest BCUT2D eigenvalue weighted by Crippen LogP contribution is -2.32. The summed E-state index contributed by atoms with van der Waals surface area (Å²) in [5.41, 5.74) is 20.4. The van der Waals surface area contributed by atoms with Crippen molar-refractivity contribution in [3.8, 4) is 56.0 Å². The molecule has 0 amide bonds. The summed E-state index contributed by atoms with van der Waals surface area (Å²) < 4.78 is 6.73. The standard InChI is InChI=1S/C59H45NO/c1-3-40-16-8-9-19-49(40)50-36-35-48(38-41(50)4-2)60(46-31-26-43(27-32-46)42-17-6-5-7-18-42)47-33-28-44(29-34-47)45-30-37-58-56(39-45)59(55-24-14-15-25-57(55)61-58)53-22-12-10-20-51(53)52-21-11-13-23-54(52)59/h5-39H,3-4H2,1-2H3. The first-order chi connectivity index (χ1) is 30.1. The summed E-state index contributed by atoms with van der Waals surface area (Å²) in [6.45, 7) is 4.51. The molecule has 9 aromatic rings. The first kappa shape index (κ1) is 36.6. The van der Waals surface area contributed by atoms with Crippen LogP contribution in [0.4, 0.5) is 17.1 Å². The van der Waals surface area contributed by atoms with Crippen molar-refractivity contribution < 1.29 is 4.74 Å². The van der Waals surface area contributed by atoms with E-state index in [1.165, 1.54) is 66.8 Å². The molecule has 0 fully saturated rings. The Hall–Kier alpha value is -7.42. The Kier molecular flexibility index (Phi) is 9.01. The molecule has 0 unspecified atom stereocenters. The van der Waals surface area contributed by atoms with Crippen molar-refractivity contribution in [2.24, 2.45) is 0 Å². The lowest BCUT2D eigenvalue weighted by molar-refractivity contribution is 0.436. The summed E-state index contributed by atoms with van der Waals surface area (Å²) in [6, 6.07) is 77.6. The molecule has 1 aliphatic carbocycles. The molecule has 11 rings (SSSR count). The first-order valence-corrected chi connectivity index (χ1v) is 21.5. The number of rotatable bonds is 8. The van der Waals surface area contributed by atoms with Gasteiger partial charge in [-0.2, -0.15) is 0 Å². The molecular formula is C59H45NO. The maximum absolute atomic E-state index is 6.73. The third-order valence-corrected chi connectivity index (χ3v) is 13.0. The molecule has 1 heterocycles. The van der Waals surface area contributed by atoms with Crippen molar-refractivity contribution in [2.75, 3.05) is 4.90 Å². The van der Waals surface area contributed by atoms with Gasteiger partial charge in [0.2, 0.25) is 0 Å².